The van der Waals surface area contributed by atoms with E-state index in [4.69, 9.17) is 0 Å². The minimum absolute atomic E-state index is 0.00429. The summed E-state index contributed by atoms with van der Waals surface area (Å²) >= 11 is 0. The van der Waals surface area contributed by atoms with Crippen LogP contribution >= 0.6 is 0 Å². The van der Waals surface area contributed by atoms with E-state index >= 15 is 0 Å². The van der Waals surface area contributed by atoms with Gasteiger partial charge in [0.25, 0.3) is 5.91 Å². The first kappa shape index (κ1) is 24.5. The number of aliphatic hydroxyl groups is 1. The van der Waals surface area contributed by atoms with Crippen LogP contribution in [-0.4, -0.2) is 77.6 Å². The Kier molecular flexibility index (Phi) is 7.68. The molecule has 0 unspecified atom stereocenters. The van der Waals surface area contributed by atoms with Crippen LogP contribution in [0.25, 0.3) is 10.9 Å². The van der Waals surface area contributed by atoms with Crippen LogP contribution in [0.4, 0.5) is 5.69 Å². The van der Waals surface area contributed by atoms with Crippen LogP contribution in [0.2, 0.25) is 0 Å². The Balaban J connectivity index is 1.21. The lowest BCUT2D eigenvalue weighted by molar-refractivity contribution is -0.131. The van der Waals surface area contributed by atoms with Gasteiger partial charge in [0.2, 0.25) is 5.91 Å². The number of rotatable bonds is 7. The van der Waals surface area contributed by atoms with Gasteiger partial charge < -0.3 is 19.9 Å². The number of hydrogen-bond donors (Lipinski definition) is 2. The molecule has 0 saturated carbocycles. The maximum Gasteiger partial charge on any atom is 0.258 e. The Hall–Kier alpha value is -3.16. The summed E-state index contributed by atoms with van der Waals surface area (Å²) in [7, 11) is 0. The third-order valence-electron chi connectivity index (χ3n) is 7.86. The van der Waals surface area contributed by atoms with Gasteiger partial charge in [-0.05, 0) is 86.3 Å². The van der Waals surface area contributed by atoms with Crippen molar-refractivity contribution >= 4 is 28.4 Å². The van der Waals surface area contributed by atoms with Gasteiger partial charge in [-0.3, -0.25) is 14.5 Å². The normalized spacial score (nSPS) is 18.0. The SMILES string of the molecule is O=C(CN(C(=O)c1ccc2cc[nH]c2c1)c1ccccc1)N1CCC(CN2CCC(CO)CC2)CC1. The number of carbonyl (C=O) groups excluding carboxylic acids is 2. The van der Waals surface area contributed by atoms with Gasteiger partial charge in [0, 0.05) is 49.2 Å². The van der Waals surface area contributed by atoms with Crippen LogP contribution in [0.15, 0.2) is 60.8 Å². The van der Waals surface area contributed by atoms with E-state index in [2.05, 4.69) is 9.88 Å². The van der Waals surface area contributed by atoms with Crippen molar-refractivity contribution in [1.82, 2.24) is 14.8 Å². The third-order valence-corrected chi connectivity index (χ3v) is 7.86. The molecule has 2 fully saturated rings. The number of nitrogens with zero attached hydrogens (tertiary/aromatic N) is 3. The van der Waals surface area contributed by atoms with Crippen molar-refractivity contribution in [2.45, 2.75) is 25.7 Å². The quantitative estimate of drug-likeness (QED) is 0.531. The molecule has 36 heavy (non-hydrogen) atoms. The molecule has 0 bridgehead atoms. The van der Waals surface area contributed by atoms with Gasteiger partial charge in [0.15, 0.2) is 0 Å². The molecule has 0 spiro atoms. The second-order valence-corrected chi connectivity index (χ2v) is 10.3. The van der Waals surface area contributed by atoms with Crippen molar-refractivity contribution in [3.63, 3.8) is 0 Å². The summed E-state index contributed by atoms with van der Waals surface area (Å²) in [4.78, 5) is 36.1. The number of aliphatic hydroxyl groups excluding tert-OH is 1. The van der Waals surface area contributed by atoms with Crippen LogP contribution in [0.1, 0.15) is 36.0 Å². The number of H-pyrrole nitrogens is 1. The molecule has 2 saturated heterocycles. The summed E-state index contributed by atoms with van der Waals surface area (Å²) in [5.41, 5.74) is 2.19. The fraction of sp³-hybridized carbons (Fsp3) is 0.448. The minimum Gasteiger partial charge on any atom is -0.396 e. The lowest BCUT2D eigenvalue weighted by Crippen LogP contribution is -2.47. The molecule has 1 aromatic heterocycles. The fourth-order valence-electron chi connectivity index (χ4n) is 5.54. The van der Waals surface area contributed by atoms with Crippen molar-refractivity contribution in [1.29, 1.82) is 0 Å². The molecule has 0 atom stereocenters. The summed E-state index contributed by atoms with van der Waals surface area (Å²) in [6.45, 7) is 5.02. The first-order chi connectivity index (χ1) is 17.6. The smallest absolute Gasteiger partial charge is 0.258 e. The average Bonchev–Trinajstić information content (AvgIpc) is 3.41. The van der Waals surface area contributed by atoms with Crippen molar-refractivity contribution < 1.29 is 14.7 Å². The number of nitrogens with one attached hydrogen (secondary N) is 1. The topological polar surface area (TPSA) is 79.9 Å². The van der Waals surface area contributed by atoms with E-state index < -0.39 is 0 Å². The Morgan fingerprint density at radius 2 is 1.64 bits per heavy atom. The molecule has 7 nitrogen and oxygen atoms in total. The van der Waals surface area contributed by atoms with Gasteiger partial charge in [0.05, 0.1) is 0 Å². The number of aromatic nitrogens is 1. The highest BCUT2D eigenvalue weighted by Gasteiger charge is 2.29. The summed E-state index contributed by atoms with van der Waals surface area (Å²) in [6.07, 6.45) is 6.00. The molecule has 2 aliphatic heterocycles. The Labute approximate surface area is 212 Å². The van der Waals surface area contributed by atoms with Gasteiger partial charge in [-0.2, -0.15) is 0 Å². The van der Waals surface area contributed by atoms with E-state index in [0.717, 1.165) is 75.0 Å². The number of fused-ring (bicyclic) bond motifs is 1. The van der Waals surface area contributed by atoms with Gasteiger partial charge >= 0.3 is 0 Å². The van der Waals surface area contributed by atoms with Gasteiger partial charge in [-0.15, -0.1) is 0 Å². The molecule has 2 aliphatic rings. The molecular formula is C29H36N4O3. The Morgan fingerprint density at radius 1 is 0.917 bits per heavy atom. The molecule has 2 amide bonds. The number of para-hydroxylation sites is 1. The van der Waals surface area contributed by atoms with Crippen LogP contribution in [0, 0.1) is 11.8 Å². The highest BCUT2D eigenvalue weighted by molar-refractivity contribution is 6.10. The van der Waals surface area contributed by atoms with E-state index in [0.29, 0.717) is 24.0 Å². The van der Waals surface area contributed by atoms with Gasteiger partial charge in [-0.25, -0.2) is 0 Å². The molecule has 2 N–H and O–H groups in total. The van der Waals surface area contributed by atoms with E-state index in [1.165, 1.54) is 0 Å². The van der Waals surface area contributed by atoms with E-state index in [1.54, 1.807) is 4.90 Å². The molecule has 2 aromatic carbocycles. The predicted molar refractivity (Wildman–Crippen MR) is 142 cm³/mol. The van der Waals surface area contributed by atoms with Crippen LogP contribution in [-0.2, 0) is 4.79 Å². The first-order valence-corrected chi connectivity index (χ1v) is 13.2. The summed E-state index contributed by atoms with van der Waals surface area (Å²) in [6, 6.07) is 17.0. The number of hydrogen-bond acceptors (Lipinski definition) is 4. The monoisotopic (exact) mass is 488 g/mol. The highest BCUT2D eigenvalue weighted by Crippen LogP contribution is 2.24. The lowest BCUT2D eigenvalue weighted by Gasteiger charge is -2.38. The number of likely N-dealkylation sites (tertiary alicyclic amines) is 2. The van der Waals surface area contributed by atoms with Gasteiger partial charge in [0.1, 0.15) is 6.54 Å². The second kappa shape index (κ2) is 11.3. The van der Waals surface area contributed by atoms with Crippen LogP contribution in [0.3, 0.4) is 0 Å². The number of amides is 2. The Morgan fingerprint density at radius 3 is 2.36 bits per heavy atom. The maximum absolute atomic E-state index is 13.6. The second-order valence-electron chi connectivity index (χ2n) is 10.3. The highest BCUT2D eigenvalue weighted by atomic mass is 16.3. The molecule has 0 aliphatic carbocycles. The van der Waals surface area contributed by atoms with Crippen LogP contribution in [0.5, 0.6) is 0 Å². The van der Waals surface area contributed by atoms with E-state index in [9.17, 15) is 14.7 Å². The van der Waals surface area contributed by atoms with E-state index in [-0.39, 0.29) is 18.4 Å². The Bertz CT molecular complexity index is 1160. The minimum atomic E-state index is -0.174. The molecule has 0 radical (unpaired) electrons. The van der Waals surface area contributed by atoms with Crippen molar-refractivity contribution in [3.8, 4) is 0 Å². The number of carbonyl (C=O) groups is 2. The predicted octanol–water partition coefficient (Wildman–Crippen LogP) is 3.76. The molecule has 5 rings (SSSR count). The van der Waals surface area contributed by atoms with Crippen LogP contribution < -0.4 is 4.90 Å². The van der Waals surface area contributed by atoms with Crippen molar-refractivity contribution in [2.75, 3.05) is 50.8 Å². The zero-order chi connectivity index (χ0) is 24.9. The summed E-state index contributed by atoms with van der Waals surface area (Å²) in [5, 5.41) is 10.4. The van der Waals surface area contributed by atoms with Crippen molar-refractivity contribution in [3.05, 3.63) is 66.4 Å². The molecular weight excluding hydrogens is 452 g/mol. The zero-order valence-electron chi connectivity index (χ0n) is 20.8. The first-order valence-electron chi connectivity index (χ1n) is 13.2. The molecule has 3 heterocycles. The van der Waals surface area contributed by atoms with Gasteiger partial charge in [-0.1, -0.05) is 24.3 Å². The largest absolute Gasteiger partial charge is 0.396 e. The zero-order valence-corrected chi connectivity index (χ0v) is 20.8. The standard InChI is InChI=1S/C29H36N4O3/c34-21-23-9-14-31(15-10-23)19-22-11-16-32(17-12-22)28(35)20-33(26-4-2-1-3-5-26)29(36)25-7-6-24-8-13-30-27(24)18-25/h1-8,13,18,22-23,30,34H,9-12,14-17,19-21H2. The average molecular weight is 489 g/mol. The number of piperidine rings is 2. The maximum atomic E-state index is 13.6. The molecule has 7 heteroatoms. The third kappa shape index (κ3) is 5.63. The number of benzene rings is 2. The summed E-state index contributed by atoms with van der Waals surface area (Å²) in [5.74, 6) is 0.877. The molecule has 3 aromatic rings. The fourth-order valence-corrected chi connectivity index (χ4v) is 5.54. The van der Waals surface area contributed by atoms with E-state index in [1.807, 2.05) is 65.7 Å². The van der Waals surface area contributed by atoms with Crippen molar-refractivity contribution in [2.24, 2.45) is 11.8 Å². The lowest BCUT2D eigenvalue weighted by atomic mass is 9.93. The number of aromatic amines is 1. The number of anilines is 1. The molecule has 190 valence electrons. The summed E-state index contributed by atoms with van der Waals surface area (Å²) < 4.78 is 0.